The molecule has 0 aliphatic heterocycles. The number of ether oxygens (including phenoxy) is 2. The maximum absolute atomic E-state index is 5.85. The molecule has 2 heterocycles. The van der Waals surface area contributed by atoms with Crippen LogP contribution in [0.1, 0.15) is 11.4 Å². The van der Waals surface area contributed by atoms with Crippen molar-refractivity contribution >= 4 is 5.82 Å². The zero-order valence-corrected chi connectivity index (χ0v) is 16.2. The predicted molar refractivity (Wildman–Crippen MR) is 111 cm³/mol. The minimum absolute atomic E-state index is 0.487. The molecule has 7 heteroatoms. The summed E-state index contributed by atoms with van der Waals surface area (Å²) in [4.78, 5) is 12.9. The summed E-state index contributed by atoms with van der Waals surface area (Å²) in [5.41, 5.74) is 2.21. The number of nitrogens with zero attached hydrogens (tertiary/aromatic N) is 4. The summed E-state index contributed by atoms with van der Waals surface area (Å²) in [5.74, 6) is 3.29. The number of anilines is 1. The van der Waals surface area contributed by atoms with Crippen LogP contribution in [0.15, 0.2) is 73.3 Å². The molecular formula is C22H21N5O2. The number of rotatable bonds is 7. The Morgan fingerprint density at radius 2 is 1.72 bits per heavy atom. The van der Waals surface area contributed by atoms with Crippen molar-refractivity contribution in [1.29, 1.82) is 0 Å². The van der Waals surface area contributed by atoms with Gasteiger partial charge in [0.05, 0.1) is 13.4 Å². The molecule has 0 radical (unpaired) electrons. The van der Waals surface area contributed by atoms with Crippen LogP contribution in [0.2, 0.25) is 0 Å². The van der Waals surface area contributed by atoms with Crippen molar-refractivity contribution in [2.45, 2.75) is 13.5 Å². The molecule has 1 N–H and O–H groups in total. The van der Waals surface area contributed by atoms with Crippen molar-refractivity contribution in [1.82, 2.24) is 19.5 Å². The molecule has 0 aliphatic carbocycles. The van der Waals surface area contributed by atoms with Crippen molar-refractivity contribution in [3.8, 4) is 23.1 Å². The SMILES string of the molecule is COc1ccc(Oc2cc(NCc3ccc(-n4ccnc4)cc3)nc(C)n2)cc1. The van der Waals surface area contributed by atoms with E-state index in [2.05, 4.69) is 44.5 Å². The molecule has 146 valence electrons. The van der Waals surface area contributed by atoms with E-state index in [4.69, 9.17) is 9.47 Å². The Morgan fingerprint density at radius 3 is 2.41 bits per heavy atom. The molecule has 0 unspecified atom stereocenters. The number of aryl methyl sites for hydroxylation is 1. The molecule has 0 bridgehead atoms. The Morgan fingerprint density at radius 1 is 0.966 bits per heavy atom. The van der Waals surface area contributed by atoms with E-state index in [1.165, 1.54) is 0 Å². The van der Waals surface area contributed by atoms with Crippen LogP contribution in [-0.4, -0.2) is 26.6 Å². The van der Waals surface area contributed by atoms with Gasteiger partial charge in [-0.05, 0) is 48.9 Å². The topological polar surface area (TPSA) is 74.1 Å². The largest absolute Gasteiger partial charge is 0.497 e. The molecule has 4 rings (SSSR count). The molecule has 0 spiro atoms. The Bertz CT molecular complexity index is 1060. The van der Waals surface area contributed by atoms with E-state index in [0.29, 0.717) is 29.8 Å². The first-order valence-electron chi connectivity index (χ1n) is 9.18. The molecule has 0 amide bonds. The fourth-order valence-electron chi connectivity index (χ4n) is 2.84. The fraction of sp³-hybridized carbons (Fsp3) is 0.136. The zero-order valence-electron chi connectivity index (χ0n) is 16.2. The number of aromatic nitrogens is 4. The molecular weight excluding hydrogens is 366 g/mol. The van der Waals surface area contributed by atoms with E-state index in [-0.39, 0.29) is 0 Å². The van der Waals surface area contributed by atoms with E-state index >= 15 is 0 Å². The maximum Gasteiger partial charge on any atom is 0.224 e. The molecule has 7 nitrogen and oxygen atoms in total. The van der Waals surface area contributed by atoms with Gasteiger partial charge in [0.2, 0.25) is 5.88 Å². The summed E-state index contributed by atoms with van der Waals surface area (Å²) < 4.78 is 13.0. The predicted octanol–water partition coefficient (Wildman–Crippen LogP) is 4.38. The number of imidazole rings is 1. The third-order valence-electron chi connectivity index (χ3n) is 4.31. The van der Waals surface area contributed by atoms with E-state index < -0.39 is 0 Å². The van der Waals surface area contributed by atoms with Crippen molar-refractivity contribution in [3.63, 3.8) is 0 Å². The second kappa shape index (κ2) is 8.43. The van der Waals surface area contributed by atoms with Gasteiger partial charge in [0.25, 0.3) is 0 Å². The highest BCUT2D eigenvalue weighted by Crippen LogP contribution is 2.24. The van der Waals surface area contributed by atoms with Crippen molar-refractivity contribution in [2.75, 3.05) is 12.4 Å². The van der Waals surface area contributed by atoms with Crippen molar-refractivity contribution < 1.29 is 9.47 Å². The normalized spacial score (nSPS) is 10.6. The Kier molecular flexibility index (Phi) is 5.38. The highest BCUT2D eigenvalue weighted by molar-refractivity contribution is 5.42. The lowest BCUT2D eigenvalue weighted by Gasteiger charge is -2.10. The summed E-state index contributed by atoms with van der Waals surface area (Å²) >= 11 is 0. The third kappa shape index (κ3) is 4.70. The standard InChI is InChI=1S/C22H21N5O2/c1-16-25-21(13-22(26-16)29-20-9-7-19(28-2)8-10-20)24-14-17-3-5-18(6-4-17)27-12-11-23-15-27/h3-13,15H,14H2,1-2H3,(H,24,25,26). The van der Waals surface area contributed by atoms with Crippen LogP contribution in [0.3, 0.4) is 0 Å². The first kappa shape index (κ1) is 18.5. The number of hydrogen-bond acceptors (Lipinski definition) is 6. The van der Waals surface area contributed by atoms with Crippen LogP contribution in [0.5, 0.6) is 17.4 Å². The van der Waals surface area contributed by atoms with E-state index in [1.807, 2.05) is 42.0 Å². The molecule has 0 saturated carbocycles. The average molecular weight is 387 g/mol. The minimum atomic E-state index is 0.487. The highest BCUT2D eigenvalue weighted by Gasteiger charge is 2.05. The van der Waals surface area contributed by atoms with Gasteiger partial charge in [-0.25, -0.2) is 9.97 Å². The molecule has 0 fully saturated rings. The lowest BCUT2D eigenvalue weighted by Crippen LogP contribution is -2.04. The van der Waals surface area contributed by atoms with Crippen LogP contribution in [0.4, 0.5) is 5.82 Å². The lowest BCUT2D eigenvalue weighted by molar-refractivity contribution is 0.412. The first-order chi connectivity index (χ1) is 14.2. The fourth-order valence-corrected chi connectivity index (χ4v) is 2.84. The van der Waals surface area contributed by atoms with Gasteiger partial charge in [-0.15, -0.1) is 0 Å². The van der Waals surface area contributed by atoms with Gasteiger partial charge in [-0.3, -0.25) is 0 Å². The number of nitrogens with one attached hydrogen (secondary N) is 1. The molecule has 0 atom stereocenters. The van der Waals surface area contributed by atoms with Gasteiger partial charge < -0.3 is 19.4 Å². The van der Waals surface area contributed by atoms with Crippen LogP contribution < -0.4 is 14.8 Å². The molecule has 2 aromatic carbocycles. The van der Waals surface area contributed by atoms with Crippen molar-refractivity contribution in [3.05, 3.63) is 84.7 Å². The lowest BCUT2D eigenvalue weighted by atomic mass is 10.2. The molecule has 4 aromatic rings. The first-order valence-corrected chi connectivity index (χ1v) is 9.18. The molecule has 29 heavy (non-hydrogen) atoms. The van der Waals surface area contributed by atoms with Gasteiger partial charge in [0.1, 0.15) is 23.1 Å². The molecule has 2 aromatic heterocycles. The highest BCUT2D eigenvalue weighted by atomic mass is 16.5. The van der Waals surface area contributed by atoms with Gasteiger partial charge in [0.15, 0.2) is 0 Å². The number of hydrogen-bond donors (Lipinski definition) is 1. The maximum atomic E-state index is 5.85. The van der Waals surface area contributed by atoms with Crippen LogP contribution in [0.25, 0.3) is 5.69 Å². The van der Waals surface area contributed by atoms with E-state index in [0.717, 1.165) is 17.0 Å². The number of benzene rings is 2. The van der Waals surface area contributed by atoms with Crippen LogP contribution >= 0.6 is 0 Å². The smallest absolute Gasteiger partial charge is 0.224 e. The molecule has 0 saturated heterocycles. The minimum Gasteiger partial charge on any atom is -0.497 e. The Hall–Kier alpha value is -3.87. The molecule has 0 aliphatic rings. The van der Waals surface area contributed by atoms with E-state index in [1.54, 1.807) is 25.7 Å². The van der Waals surface area contributed by atoms with Gasteiger partial charge in [-0.2, -0.15) is 4.98 Å². The summed E-state index contributed by atoms with van der Waals surface area (Å²) in [5, 5.41) is 3.33. The summed E-state index contributed by atoms with van der Waals surface area (Å²) in [6, 6.07) is 17.4. The Balaban J connectivity index is 1.42. The quantitative estimate of drug-likeness (QED) is 0.507. The number of methoxy groups -OCH3 is 1. The summed E-state index contributed by atoms with van der Waals surface area (Å²) in [7, 11) is 1.63. The zero-order chi connectivity index (χ0) is 20.1. The van der Waals surface area contributed by atoms with Gasteiger partial charge in [-0.1, -0.05) is 12.1 Å². The third-order valence-corrected chi connectivity index (χ3v) is 4.31. The second-order valence-corrected chi connectivity index (χ2v) is 6.41. The second-order valence-electron chi connectivity index (χ2n) is 6.41. The van der Waals surface area contributed by atoms with Crippen molar-refractivity contribution in [2.24, 2.45) is 0 Å². The van der Waals surface area contributed by atoms with E-state index in [9.17, 15) is 0 Å². The van der Waals surface area contributed by atoms with Crippen LogP contribution in [-0.2, 0) is 6.54 Å². The van der Waals surface area contributed by atoms with Crippen LogP contribution in [0, 0.1) is 6.92 Å². The van der Waals surface area contributed by atoms with Gasteiger partial charge in [0, 0.05) is 30.7 Å². The summed E-state index contributed by atoms with van der Waals surface area (Å²) in [6.07, 6.45) is 5.46. The van der Waals surface area contributed by atoms with Gasteiger partial charge >= 0.3 is 0 Å². The average Bonchev–Trinajstić information content (AvgIpc) is 3.28. The Labute approximate surface area is 169 Å². The monoisotopic (exact) mass is 387 g/mol. The summed E-state index contributed by atoms with van der Waals surface area (Å²) in [6.45, 7) is 2.48.